The number of rotatable bonds is 10. The largest absolute Gasteiger partial charge is 0.458 e. The van der Waals surface area contributed by atoms with Gasteiger partial charge in [-0.2, -0.15) is 0 Å². The summed E-state index contributed by atoms with van der Waals surface area (Å²) >= 11 is 0. The minimum absolute atomic E-state index is 0.0205. The molecule has 5 heteroatoms. The van der Waals surface area contributed by atoms with E-state index in [0.717, 1.165) is 61.8 Å². The van der Waals surface area contributed by atoms with Crippen molar-refractivity contribution in [3.05, 3.63) is 234 Å². The van der Waals surface area contributed by atoms with Gasteiger partial charge in [-0.1, -0.05) is 178 Å². The first kappa shape index (κ1) is 45.3. The lowest BCUT2D eigenvalue weighted by molar-refractivity contribution is -0.611. The molecule has 3 heterocycles. The van der Waals surface area contributed by atoms with Gasteiger partial charge in [0.2, 0.25) is 0 Å². The highest BCUT2D eigenvalue weighted by molar-refractivity contribution is 6.10. The summed E-state index contributed by atoms with van der Waals surface area (Å²) in [5, 5.41) is 2.29. The van der Waals surface area contributed by atoms with Crippen molar-refractivity contribution < 1.29 is 9.30 Å². The molecule has 0 bridgehead atoms. The first-order valence-electron chi connectivity index (χ1n) is 24.2. The maximum atomic E-state index is 7.12. The number of ether oxygens (including phenoxy) is 1. The van der Waals surface area contributed by atoms with Gasteiger partial charge in [0.1, 0.15) is 17.3 Å². The fourth-order valence-electron chi connectivity index (χ4n) is 9.68. The summed E-state index contributed by atoms with van der Waals surface area (Å²) in [5.41, 5.74) is 12.9. The van der Waals surface area contributed by atoms with E-state index in [2.05, 4.69) is 277 Å². The average molecular weight is 903 g/mol. The number of hydrogen-bond acceptors (Lipinski definition) is 2. The number of fused-ring (bicyclic) bond motifs is 3. The van der Waals surface area contributed by atoms with Crippen LogP contribution in [0.4, 0.5) is 0 Å². The van der Waals surface area contributed by atoms with Gasteiger partial charge in [0.15, 0.2) is 0 Å². The fourth-order valence-corrected chi connectivity index (χ4v) is 9.68. The summed E-state index contributed by atoms with van der Waals surface area (Å²) in [5.74, 6) is 2.35. The molecule has 0 amide bonds. The Bertz CT molecular complexity index is 3470. The normalized spacial score (nSPS) is 12.5. The molecule has 0 atom stereocenters. The number of nitrogens with zero attached hydrogens (tertiary/aromatic N) is 4. The third-order valence-electron chi connectivity index (χ3n) is 14.1. The Labute approximate surface area is 408 Å². The van der Waals surface area contributed by atoms with E-state index in [-0.39, 0.29) is 21.7 Å². The average Bonchev–Trinajstić information content (AvgIpc) is 3.95. The Balaban J connectivity index is 1.15. The molecule has 10 aromatic rings. The zero-order chi connectivity index (χ0) is 48.3. The molecule has 0 spiro atoms. The number of pyridine rings is 1. The summed E-state index contributed by atoms with van der Waals surface area (Å²) in [6.07, 6.45) is 8.03. The molecule has 0 aliphatic heterocycles. The van der Waals surface area contributed by atoms with Gasteiger partial charge in [-0.25, -0.2) is 4.98 Å². The Kier molecular flexibility index (Phi) is 11.3. The summed E-state index contributed by atoms with van der Waals surface area (Å²) in [4.78, 5) is 5.00. The molecule has 0 saturated carbocycles. The lowest BCUT2D eigenvalue weighted by Crippen LogP contribution is -2.40. The maximum Gasteiger partial charge on any atom is 0.269 e. The molecule has 0 saturated heterocycles. The molecule has 69 heavy (non-hydrogen) atoms. The van der Waals surface area contributed by atoms with Crippen LogP contribution in [0, 0.1) is 6.33 Å². The summed E-state index contributed by atoms with van der Waals surface area (Å²) in [6.45, 7) is 22.7. The van der Waals surface area contributed by atoms with Crippen molar-refractivity contribution in [2.75, 3.05) is 0 Å². The highest BCUT2D eigenvalue weighted by atomic mass is 16.5. The molecule has 3 aromatic heterocycles. The fraction of sp³-hybridized carbons (Fsp3) is 0.219. The van der Waals surface area contributed by atoms with Gasteiger partial charge in [0, 0.05) is 40.1 Å². The summed E-state index contributed by atoms with van der Waals surface area (Å²) in [7, 11) is 0. The first-order valence-corrected chi connectivity index (χ1v) is 24.2. The van der Waals surface area contributed by atoms with Gasteiger partial charge in [-0.3, -0.25) is 13.7 Å². The van der Waals surface area contributed by atoms with Crippen LogP contribution in [0.3, 0.4) is 0 Å². The Morgan fingerprint density at radius 2 is 1.10 bits per heavy atom. The Hall–Kier alpha value is -7.50. The highest BCUT2D eigenvalue weighted by Gasteiger charge is 2.30. The SMILES string of the molecule is CC(C)(C)c1cccc(-[n+]2[c-]n(-c3cc(Oc4ccc5c6cc(-c7ccccc7)ccc6n(-c6cc(C(C)(C)C)ccn6)c5c4)cc(C(C)(C)c4ccccc4)c3)cc2C(C)(C)c2ccccc2)c1. The van der Waals surface area contributed by atoms with Crippen LogP contribution in [0.1, 0.15) is 103 Å². The molecule has 0 aliphatic carbocycles. The van der Waals surface area contributed by atoms with E-state index in [0.29, 0.717) is 0 Å². The standard InChI is InChI=1S/C64H62N4O/c1-61(2,3)48-27-20-28-51(36-48)67-43-66(42-59(67)64(9,10)47-25-18-13-19-26-47)52-37-50(63(7,8)46-23-16-12-17-24-46)38-54(40-52)69-53-30-31-55-56-35-45(44-21-14-11-15-22-44)29-32-57(56)68(58(55)41-53)60-39-49(33-34-65-60)62(4,5)6/h11-42H,1-10H3. The van der Waals surface area contributed by atoms with Crippen LogP contribution in [0.2, 0.25) is 0 Å². The van der Waals surface area contributed by atoms with Crippen LogP contribution in [0.15, 0.2) is 194 Å². The molecule has 0 radical (unpaired) electrons. The first-order chi connectivity index (χ1) is 32.9. The van der Waals surface area contributed by atoms with E-state index in [1.165, 1.54) is 33.4 Å². The van der Waals surface area contributed by atoms with E-state index < -0.39 is 0 Å². The number of imidazole rings is 1. The lowest BCUT2D eigenvalue weighted by Gasteiger charge is -2.28. The number of benzene rings is 7. The van der Waals surface area contributed by atoms with E-state index in [1.54, 1.807) is 0 Å². The molecule has 0 aliphatic rings. The van der Waals surface area contributed by atoms with Crippen molar-refractivity contribution in [3.8, 4) is 39.8 Å². The highest BCUT2D eigenvalue weighted by Crippen LogP contribution is 2.41. The predicted molar refractivity (Wildman–Crippen MR) is 285 cm³/mol. The van der Waals surface area contributed by atoms with Gasteiger partial charge in [0.25, 0.3) is 6.33 Å². The molecular weight excluding hydrogens is 841 g/mol. The molecule has 10 rings (SSSR count). The third-order valence-corrected chi connectivity index (χ3v) is 14.1. The van der Waals surface area contributed by atoms with Crippen LogP contribution >= 0.6 is 0 Å². The van der Waals surface area contributed by atoms with Crippen molar-refractivity contribution in [3.63, 3.8) is 0 Å². The smallest absolute Gasteiger partial charge is 0.269 e. The van der Waals surface area contributed by atoms with Crippen LogP contribution in [-0.2, 0) is 21.7 Å². The Morgan fingerprint density at radius 1 is 0.464 bits per heavy atom. The second kappa shape index (κ2) is 17.2. The number of aromatic nitrogens is 4. The van der Waals surface area contributed by atoms with Crippen LogP contribution in [0.5, 0.6) is 11.5 Å². The molecule has 344 valence electrons. The second-order valence-corrected chi connectivity index (χ2v) is 21.7. The van der Waals surface area contributed by atoms with E-state index >= 15 is 0 Å². The topological polar surface area (TPSA) is 35.9 Å². The molecule has 5 nitrogen and oxygen atoms in total. The van der Waals surface area contributed by atoms with Crippen molar-refractivity contribution in [2.24, 2.45) is 0 Å². The summed E-state index contributed by atoms with van der Waals surface area (Å²) in [6, 6.07) is 65.2. The second-order valence-electron chi connectivity index (χ2n) is 21.7. The van der Waals surface area contributed by atoms with Gasteiger partial charge in [-0.05, 0) is 117 Å². The number of hydrogen-bond donors (Lipinski definition) is 0. The van der Waals surface area contributed by atoms with E-state index in [4.69, 9.17) is 9.72 Å². The Morgan fingerprint density at radius 3 is 1.78 bits per heavy atom. The third kappa shape index (κ3) is 8.67. The van der Waals surface area contributed by atoms with Crippen molar-refractivity contribution in [1.82, 2.24) is 14.1 Å². The van der Waals surface area contributed by atoms with Crippen LogP contribution in [0.25, 0.3) is 50.1 Å². The molecule has 0 N–H and O–H groups in total. The van der Waals surface area contributed by atoms with E-state index in [1.807, 2.05) is 6.20 Å². The maximum absolute atomic E-state index is 7.12. The van der Waals surface area contributed by atoms with Crippen LogP contribution in [-0.4, -0.2) is 14.1 Å². The minimum Gasteiger partial charge on any atom is -0.458 e. The lowest BCUT2D eigenvalue weighted by atomic mass is 9.78. The van der Waals surface area contributed by atoms with Crippen LogP contribution < -0.4 is 9.30 Å². The van der Waals surface area contributed by atoms with Crippen molar-refractivity contribution >= 4 is 21.8 Å². The molecule has 0 fully saturated rings. The molecular formula is C64H62N4O. The summed E-state index contributed by atoms with van der Waals surface area (Å²) < 4.78 is 13.8. The van der Waals surface area contributed by atoms with Gasteiger partial charge in [-0.15, -0.1) is 0 Å². The minimum atomic E-state index is -0.363. The van der Waals surface area contributed by atoms with Gasteiger partial charge < -0.3 is 4.74 Å². The van der Waals surface area contributed by atoms with Crippen molar-refractivity contribution in [1.29, 1.82) is 0 Å². The zero-order valence-corrected chi connectivity index (χ0v) is 41.7. The predicted octanol–water partition coefficient (Wildman–Crippen LogP) is 15.8. The zero-order valence-electron chi connectivity index (χ0n) is 41.7. The van der Waals surface area contributed by atoms with Gasteiger partial charge >= 0.3 is 0 Å². The quantitative estimate of drug-likeness (QED) is 0.101. The van der Waals surface area contributed by atoms with Gasteiger partial charge in [0.05, 0.1) is 28.1 Å². The van der Waals surface area contributed by atoms with E-state index in [9.17, 15) is 0 Å². The molecule has 7 aromatic carbocycles. The molecule has 0 unspecified atom stereocenters. The monoisotopic (exact) mass is 902 g/mol. The van der Waals surface area contributed by atoms with Crippen molar-refractivity contribution in [2.45, 2.75) is 90.9 Å².